The fraction of sp³-hybridized carbons (Fsp3) is 0.238. The first-order valence-electron chi connectivity index (χ1n) is 9.26. The maximum Gasteiger partial charge on any atom is 0.416 e. The van der Waals surface area contributed by atoms with Crippen LogP contribution in [0.1, 0.15) is 56.2 Å². The molecule has 2 aromatic carbocycles. The predicted octanol–water partition coefficient (Wildman–Crippen LogP) is 3.84. The van der Waals surface area contributed by atoms with E-state index in [0.717, 1.165) is 12.1 Å². The van der Waals surface area contributed by atoms with Crippen molar-refractivity contribution in [3.63, 3.8) is 0 Å². The van der Waals surface area contributed by atoms with Crippen molar-refractivity contribution in [3.05, 3.63) is 82.2 Å². The average Bonchev–Trinajstić information content (AvgIpc) is 3.07. The summed E-state index contributed by atoms with van der Waals surface area (Å²) in [7, 11) is 0. The number of hydrogen-bond acceptors (Lipinski definition) is 4. The lowest BCUT2D eigenvalue weighted by atomic mass is 10.1. The summed E-state index contributed by atoms with van der Waals surface area (Å²) >= 11 is 0. The molecule has 1 heterocycles. The van der Waals surface area contributed by atoms with Crippen LogP contribution in [0.25, 0.3) is 0 Å². The van der Waals surface area contributed by atoms with Crippen molar-refractivity contribution in [2.24, 2.45) is 0 Å². The van der Waals surface area contributed by atoms with Crippen molar-refractivity contribution in [1.82, 2.24) is 20.3 Å². The second-order valence-corrected chi connectivity index (χ2v) is 7.00. The molecule has 0 fully saturated rings. The van der Waals surface area contributed by atoms with E-state index in [-0.39, 0.29) is 17.8 Å². The Morgan fingerprint density at radius 2 is 1.71 bits per heavy atom. The summed E-state index contributed by atoms with van der Waals surface area (Å²) in [4.78, 5) is 23.8. The van der Waals surface area contributed by atoms with Gasteiger partial charge in [0.05, 0.1) is 29.4 Å². The molecule has 0 aliphatic rings. The summed E-state index contributed by atoms with van der Waals surface area (Å²) in [5, 5.41) is 19.6. The standard InChI is InChI=1S/C21H19F3N4O3/c1-12(15-5-7-16(8-6-15)20(30)31)25-19(29)18-13(2)26-27-28(18)11-14-3-9-17(10-4-14)21(22,23)24/h3-10,12H,11H2,1-2H3,(H,25,29)(H,30,31)/t12-/m0/s1. The molecular formula is C21H19F3N4O3. The fourth-order valence-electron chi connectivity index (χ4n) is 3.03. The number of rotatable bonds is 6. The number of hydrogen-bond donors (Lipinski definition) is 2. The van der Waals surface area contributed by atoms with E-state index in [2.05, 4.69) is 15.6 Å². The van der Waals surface area contributed by atoms with Gasteiger partial charge in [-0.1, -0.05) is 29.5 Å². The molecule has 0 saturated heterocycles. The van der Waals surface area contributed by atoms with Crippen molar-refractivity contribution < 1.29 is 27.9 Å². The minimum Gasteiger partial charge on any atom is -0.478 e. The number of halogens is 3. The van der Waals surface area contributed by atoms with Gasteiger partial charge < -0.3 is 10.4 Å². The number of aromatic nitrogens is 3. The number of carboxylic acids is 1. The highest BCUT2D eigenvalue weighted by Gasteiger charge is 2.30. The van der Waals surface area contributed by atoms with Crippen LogP contribution in [0.4, 0.5) is 13.2 Å². The Bertz CT molecular complexity index is 1090. The normalized spacial score (nSPS) is 12.4. The Morgan fingerprint density at radius 1 is 1.10 bits per heavy atom. The van der Waals surface area contributed by atoms with Gasteiger partial charge in [-0.15, -0.1) is 5.10 Å². The fourth-order valence-corrected chi connectivity index (χ4v) is 3.03. The SMILES string of the molecule is Cc1nnn(Cc2ccc(C(F)(F)F)cc2)c1C(=O)N[C@@H](C)c1ccc(C(=O)O)cc1. The molecule has 31 heavy (non-hydrogen) atoms. The number of nitrogens with one attached hydrogen (secondary N) is 1. The molecule has 3 rings (SSSR count). The molecular weight excluding hydrogens is 413 g/mol. The zero-order valence-corrected chi connectivity index (χ0v) is 16.6. The molecule has 2 N–H and O–H groups in total. The van der Waals surface area contributed by atoms with E-state index >= 15 is 0 Å². The monoisotopic (exact) mass is 432 g/mol. The topological polar surface area (TPSA) is 97.1 Å². The highest BCUT2D eigenvalue weighted by Crippen LogP contribution is 2.29. The second-order valence-electron chi connectivity index (χ2n) is 7.00. The van der Waals surface area contributed by atoms with Crippen LogP contribution in [-0.2, 0) is 12.7 Å². The number of aryl methyl sites for hydroxylation is 1. The maximum absolute atomic E-state index is 12.8. The van der Waals surface area contributed by atoms with Crippen molar-refractivity contribution in [2.45, 2.75) is 32.6 Å². The number of carbonyl (C=O) groups excluding carboxylic acids is 1. The van der Waals surface area contributed by atoms with Gasteiger partial charge in [0, 0.05) is 0 Å². The Kier molecular flexibility index (Phi) is 6.09. The molecule has 1 aromatic heterocycles. The molecule has 1 amide bonds. The van der Waals surface area contributed by atoms with Crippen molar-refractivity contribution in [3.8, 4) is 0 Å². The van der Waals surface area contributed by atoms with Gasteiger partial charge in [-0.05, 0) is 49.2 Å². The molecule has 7 nitrogen and oxygen atoms in total. The Balaban J connectivity index is 1.75. The Hall–Kier alpha value is -3.69. The molecule has 0 bridgehead atoms. The lowest BCUT2D eigenvalue weighted by Gasteiger charge is -2.15. The smallest absolute Gasteiger partial charge is 0.416 e. The Labute approximate surface area is 175 Å². The van der Waals surface area contributed by atoms with Gasteiger partial charge in [0.15, 0.2) is 0 Å². The number of amides is 1. The van der Waals surface area contributed by atoms with Crippen LogP contribution in [0.2, 0.25) is 0 Å². The van der Waals surface area contributed by atoms with E-state index in [9.17, 15) is 22.8 Å². The highest BCUT2D eigenvalue weighted by atomic mass is 19.4. The maximum atomic E-state index is 12.8. The predicted molar refractivity (Wildman–Crippen MR) is 105 cm³/mol. The van der Waals surface area contributed by atoms with E-state index in [4.69, 9.17) is 5.11 Å². The number of alkyl halides is 3. The highest BCUT2D eigenvalue weighted by molar-refractivity contribution is 5.93. The lowest BCUT2D eigenvalue weighted by Crippen LogP contribution is -2.29. The molecule has 1 atom stereocenters. The van der Waals surface area contributed by atoms with Gasteiger partial charge in [0.25, 0.3) is 5.91 Å². The quantitative estimate of drug-likeness (QED) is 0.617. The van der Waals surface area contributed by atoms with Crippen LogP contribution in [0.3, 0.4) is 0 Å². The molecule has 0 radical (unpaired) electrons. The summed E-state index contributed by atoms with van der Waals surface area (Å²) in [6.07, 6.45) is -4.42. The number of carboxylic acid groups (broad SMARTS) is 1. The molecule has 10 heteroatoms. The number of benzene rings is 2. The minimum atomic E-state index is -4.42. The summed E-state index contributed by atoms with van der Waals surface area (Å²) in [5.74, 6) is -1.50. The lowest BCUT2D eigenvalue weighted by molar-refractivity contribution is -0.137. The third-order valence-electron chi connectivity index (χ3n) is 4.74. The van der Waals surface area contributed by atoms with Crippen LogP contribution in [0.5, 0.6) is 0 Å². The van der Waals surface area contributed by atoms with Crippen LogP contribution < -0.4 is 5.32 Å². The van der Waals surface area contributed by atoms with E-state index < -0.39 is 29.7 Å². The first kappa shape index (κ1) is 22.0. The molecule has 162 valence electrons. The molecule has 0 saturated carbocycles. The molecule has 0 aliphatic carbocycles. The van der Waals surface area contributed by atoms with E-state index in [1.807, 2.05) is 0 Å². The van der Waals surface area contributed by atoms with Gasteiger partial charge in [-0.3, -0.25) is 4.79 Å². The zero-order chi connectivity index (χ0) is 22.8. The molecule has 0 aliphatic heterocycles. The van der Waals surface area contributed by atoms with Crippen LogP contribution in [0.15, 0.2) is 48.5 Å². The first-order valence-corrected chi connectivity index (χ1v) is 9.26. The summed E-state index contributed by atoms with van der Waals surface area (Å²) in [6.45, 7) is 3.42. The van der Waals surface area contributed by atoms with Crippen LogP contribution in [-0.4, -0.2) is 32.0 Å². The Morgan fingerprint density at radius 3 is 2.26 bits per heavy atom. The summed E-state index contributed by atoms with van der Waals surface area (Å²) in [6, 6.07) is 10.3. The largest absolute Gasteiger partial charge is 0.478 e. The van der Waals surface area contributed by atoms with E-state index in [1.165, 1.54) is 28.9 Å². The van der Waals surface area contributed by atoms with E-state index in [0.29, 0.717) is 16.8 Å². The van der Waals surface area contributed by atoms with Crippen molar-refractivity contribution in [1.29, 1.82) is 0 Å². The third kappa shape index (κ3) is 5.08. The van der Waals surface area contributed by atoms with Crippen molar-refractivity contribution >= 4 is 11.9 Å². The zero-order valence-electron chi connectivity index (χ0n) is 16.6. The minimum absolute atomic E-state index is 0.0728. The average molecular weight is 432 g/mol. The van der Waals surface area contributed by atoms with Crippen LogP contribution in [0, 0.1) is 6.92 Å². The van der Waals surface area contributed by atoms with Crippen molar-refractivity contribution in [2.75, 3.05) is 0 Å². The van der Waals surface area contributed by atoms with Gasteiger partial charge >= 0.3 is 12.1 Å². The summed E-state index contributed by atoms with van der Waals surface area (Å²) in [5.41, 5.74) is 1.18. The van der Waals surface area contributed by atoms with Gasteiger partial charge in [-0.25, -0.2) is 9.48 Å². The molecule has 3 aromatic rings. The first-order chi connectivity index (χ1) is 14.6. The van der Waals surface area contributed by atoms with Gasteiger partial charge in [-0.2, -0.15) is 13.2 Å². The van der Waals surface area contributed by atoms with Crippen LogP contribution >= 0.6 is 0 Å². The van der Waals surface area contributed by atoms with Gasteiger partial charge in [0.2, 0.25) is 0 Å². The molecule has 0 unspecified atom stereocenters. The second kappa shape index (κ2) is 8.58. The summed E-state index contributed by atoms with van der Waals surface area (Å²) < 4.78 is 39.5. The van der Waals surface area contributed by atoms with E-state index in [1.54, 1.807) is 26.0 Å². The third-order valence-corrected chi connectivity index (χ3v) is 4.74. The number of carbonyl (C=O) groups is 2. The number of aromatic carboxylic acids is 1. The van der Waals surface area contributed by atoms with Gasteiger partial charge in [0.1, 0.15) is 5.69 Å². The number of nitrogens with zero attached hydrogens (tertiary/aromatic N) is 3. The molecule has 0 spiro atoms.